The summed E-state index contributed by atoms with van der Waals surface area (Å²) < 4.78 is 120. The molecule has 14 bridgehead atoms. The van der Waals surface area contributed by atoms with Crippen LogP contribution in [0.3, 0.4) is 0 Å². The van der Waals surface area contributed by atoms with Crippen LogP contribution in [0.2, 0.25) is 0 Å². The quantitative estimate of drug-likeness (QED) is 0.0324. The van der Waals surface area contributed by atoms with Gasteiger partial charge in [0, 0.05) is 0 Å². The summed E-state index contributed by atoms with van der Waals surface area (Å²) >= 11 is 0. The van der Waals surface area contributed by atoms with Crippen LogP contribution < -0.4 is 139 Å². The fourth-order valence-corrected chi connectivity index (χ4v) is 12.5. The molecule has 21 saturated heterocycles. The fourth-order valence-electron chi connectivity index (χ4n) is 12.5. The molecule has 21 rings (SSSR count). The summed E-state index contributed by atoms with van der Waals surface area (Å²) in [6.45, 7) is -17.6. The molecule has 0 radical (unpaired) electrons. The molecule has 21 fully saturated rings. The van der Waals surface area contributed by atoms with Gasteiger partial charge in [0.25, 0.3) is 0 Å². The number of carboxylic acids is 7. The Balaban J connectivity index is 0.00000627. The summed E-state index contributed by atoms with van der Waals surface area (Å²) in [5.74, 6) is -12.9. The molecular formula is C56H80Na4O49. The van der Waals surface area contributed by atoms with E-state index in [0.29, 0.717) is 0 Å². The van der Waals surface area contributed by atoms with Crippen LogP contribution in [0, 0.1) is 0 Å². The third-order valence-corrected chi connectivity index (χ3v) is 17.2. The number of aliphatic hydroxyl groups excluding tert-OH is 14. The second kappa shape index (κ2) is 46.9. The number of rotatable bonds is 28. The molecular weight excluding hydrogens is 1550 g/mol. The predicted octanol–water partition coefficient (Wildman–Crippen LogP) is -31.8. The molecule has 49 nitrogen and oxygen atoms in total. The Morgan fingerprint density at radius 3 is 0.596 bits per heavy atom. The zero-order valence-corrected chi connectivity index (χ0v) is 66.3. The van der Waals surface area contributed by atoms with E-state index in [-0.39, 0.29) is 118 Å². The van der Waals surface area contributed by atoms with Crippen molar-refractivity contribution in [2.75, 3.05) is 92.5 Å². The van der Waals surface area contributed by atoms with E-state index in [9.17, 15) is 141 Å². The minimum Gasteiger partial charge on any atom is -0.548 e. The Bertz CT molecular complexity index is 2780. The first-order valence-electron chi connectivity index (χ1n) is 31.9. The smallest absolute Gasteiger partial charge is 0.548 e. The van der Waals surface area contributed by atoms with E-state index in [1.807, 2.05) is 0 Å². The topological polar surface area (TPSA) is 749 Å². The van der Waals surface area contributed by atoms with E-state index in [4.69, 9.17) is 99.5 Å². The predicted molar refractivity (Wildman–Crippen MR) is 298 cm³/mol. The summed E-state index contributed by atoms with van der Waals surface area (Å²) in [5, 5.41) is 239. The SMILES string of the molecule is O=C([O-])CO[C@@H]1[C@@H](O)[C@H]2O[C@H]3[C@H](OCC(=O)[O-])[C@@H](O)[C@@H](O[C@H]4[C@H](OCC(=O)[O-])[C@@H](O)[C@@H](O[C@H]5[C@H](OCC(=O)[O-])[C@@H](O)[C@@H](O[C@H]6[C@H](O)[C@@H](O)[C@@H](O[C@H]7[C@H](O)[C@@H](O)[C@@H](O[C@H]8[C@H](O)[C@@H](O)[C@@H](O[C@@H]1[C@@H](CO)O2)O[C@@H]8COCC(=O)O)O[C@@H]7COCC(=O)O)O[C@@H]6COCC(=O)O)O[C@@H]5CO)O[C@@H]4CO)O[C@@H]3CO.[Na+].[Na+].[Na+].[Na+]. The van der Waals surface area contributed by atoms with Gasteiger partial charge in [0.2, 0.25) is 0 Å². The molecule has 0 aliphatic carbocycles. The molecule has 0 aromatic rings. The number of carbonyl (C=O) groups is 7. The number of aliphatic hydroxyl groups is 14. The fraction of sp³-hybridized carbons (Fsp3) is 0.875. The van der Waals surface area contributed by atoms with Crippen LogP contribution in [0.1, 0.15) is 0 Å². The molecule has 0 spiro atoms. The van der Waals surface area contributed by atoms with Gasteiger partial charge in [0.1, 0.15) is 191 Å². The summed E-state index contributed by atoms with van der Waals surface area (Å²) in [4.78, 5) is 83.0. The molecule has 21 aliphatic rings. The van der Waals surface area contributed by atoms with Crippen molar-refractivity contribution in [1.82, 2.24) is 0 Å². The monoisotopic (exact) mass is 1630 g/mol. The van der Waals surface area contributed by atoms with E-state index in [1.165, 1.54) is 0 Å². The molecule has 0 unspecified atom stereocenters. The third kappa shape index (κ3) is 25.9. The van der Waals surface area contributed by atoms with Gasteiger partial charge in [-0.25, -0.2) is 14.4 Å². The number of hydrogen-bond donors (Lipinski definition) is 17. The van der Waals surface area contributed by atoms with Crippen molar-refractivity contribution < 1.29 is 359 Å². The van der Waals surface area contributed by atoms with Crippen molar-refractivity contribution in [3.05, 3.63) is 0 Å². The normalized spacial score (nSPS) is 41.9. The number of aliphatic carboxylic acids is 7. The van der Waals surface area contributed by atoms with Crippen LogP contribution in [0.15, 0.2) is 0 Å². The van der Waals surface area contributed by atoms with Crippen molar-refractivity contribution in [2.24, 2.45) is 0 Å². The van der Waals surface area contributed by atoms with Crippen molar-refractivity contribution in [1.29, 1.82) is 0 Å². The summed E-state index contributed by atoms with van der Waals surface area (Å²) in [6.07, 6.45) is -79.9. The largest absolute Gasteiger partial charge is 1.00 e. The van der Waals surface area contributed by atoms with Gasteiger partial charge in [-0.15, -0.1) is 0 Å². The average molecular weight is 1630 g/mol. The number of hydrogen-bond acceptors (Lipinski definition) is 46. The minimum absolute atomic E-state index is 0. The van der Waals surface area contributed by atoms with Crippen LogP contribution in [-0.2, 0) is 133 Å². The maximum Gasteiger partial charge on any atom is 1.00 e. The van der Waals surface area contributed by atoms with E-state index >= 15 is 0 Å². The van der Waals surface area contributed by atoms with Crippen molar-refractivity contribution in [2.45, 2.75) is 215 Å². The second-order valence-electron chi connectivity index (χ2n) is 24.5. The molecule has 21 heterocycles. The maximum absolute atomic E-state index is 12.0. The summed E-state index contributed by atoms with van der Waals surface area (Å²) in [6, 6.07) is 0. The zero-order chi connectivity index (χ0) is 77.0. The first-order valence-corrected chi connectivity index (χ1v) is 31.9. The molecule has 602 valence electrons. The zero-order valence-electron chi connectivity index (χ0n) is 58.3. The molecule has 53 heteroatoms. The van der Waals surface area contributed by atoms with E-state index < -0.39 is 349 Å². The molecule has 0 aromatic heterocycles. The van der Waals surface area contributed by atoms with Crippen LogP contribution in [0.4, 0.5) is 0 Å². The Morgan fingerprint density at radius 1 is 0.248 bits per heavy atom. The minimum atomic E-state index is -2.51. The molecule has 0 aromatic carbocycles. The standard InChI is InChI=1S/C56H84O49.4Na/c57-1-15-42-47(89-12-26(69)70)36(82)54(93-15)104-44-17(3-59)95-56(38(84)49(44)91-14-28(73)74)105-45-18(4-60)94-55(37(83)48(45)90-13-27(71)72)103-43-16(2-58)92-53(35(81)46(43)88-11-25(67)68)101-41-21(7-87-10-24(65)66)97-51(33(79)30(41)76)99-39-19(5-85-8-22(61)62)96-50(32(78)29(39)75)100-40-20(6-86-9-23(63)64)98-52(102-42)34(80)31(40)77;;;;/h15-21,29-60,75-84H,1-14H2,(H,61,62)(H,63,64)(H,65,66)(H,67,68)(H,69,70)(H,71,72)(H,73,74);;;;/q;4*+1/p-4/t15-,16-,17-,18-,19-,20-,21-,29-,30-,31-,32-,33-,34-,35-,36-,37-,38-,39-,40-,41-,42-,43-,44-,45-,46-,47-,48-,49-,50-,51-,52-,53-,54-,55-,56-;;;;/m1..../s1. The Labute approximate surface area is 702 Å². The van der Waals surface area contributed by atoms with Crippen LogP contribution in [0.25, 0.3) is 0 Å². The summed E-state index contributed by atoms with van der Waals surface area (Å²) in [7, 11) is 0. The average Bonchev–Trinajstić information content (AvgIpc) is 0.826. The van der Waals surface area contributed by atoms with Crippen LogP contribution >= 0.6 is 0 Å². The van der Waals surface area contributed by atoms with E-state index in [0.717, 1.165) is 0 Å². The number of ether oxygens (including phenoxy) is 21. The Hall–Kier alpha value is -1.11. The number of carboxylic acid groups (broad SMARTS) is 7. The first kappa shape index (κ1) is 100. The van der Waals surface area contributed by atoms with E-state index in [1.54, 1.807) is 0 Å². The molecule has 17 N–H and O–H groups in total. The van der Waals surface area contributed by atoms with Gasteiger partial charge in [0.05, 0.1) is 96.6 Å². The first-order chi connectivity index (χ1) is 49.8. The Kier molecular flexibility index (Phi) is 43.1. The molecule has 109 heavy (non-hydrogen) atoms. The van der Waals surface area contributed by atoms with Crippen molar-refractivity contribution in [3.63, 3.8) is 0 Å². The maximum atomic E-state index is 12.0. The van der Waals surface area contributed by atoms with Gasteiger partial charge in [-0.2, -0.15) is 0 Å². The van der Waals surface area contributed by atoms with Gasteiger partial charge in [0.15, 0.2) is 44.0 Å². The van der Waals surface area contributed by atoms with Gasteiger partial charge in [-0.1, -0.05) is 0 Å². The van der Waals surface area contributed by atoms with Crippen LogP contribution in [-0.4, -0.2) is 436 Å². The van der Waals surface area contributed by atoms with E-state index in [2.05, 4.69) is 0 Å². The molecule has 21 aliphatic heterocycles. The van der Waals surface area contributed by atoms with Gasteiger partial charge < -0.3 is 226 Å². The molecule has 35 atom stereocenters. The number of carbonyl (C=O) groups excluding carboxylic acids is 4. The molecule has 0 amide bonds. The van der Waals surface area contributed by atoms with Crippen molar-refractivity contribution in [3.8, 4) is 0 Å². The van der Waals surface area contributed by atoms with Gasteiger partial charge >= 0.3 is 136 Å². The Morgan fingerprint density at radius 2 is 0.422 bits per heavy atom. The third-order valence-electron chi connectivity index (χ3n) is 17.2. The van der Waals surface area contributed by atoms with Gasteiger partial charge in [-0.3, -0.25) is 0 Å². The van der Waals surface area contributed by atoms with Crippen LogP contribution in [0.5, 0.6) is 0 Å². The molecule has 0 saturated carbocycles. The van der Waals surface area contributed by atoms with Gasteiger partial charge in [-0.05, 0) is 0 Å². The van der Waals surface area contributed by atoms with Crippen molar-refractivity contribution >= 4 is 41.8 Å². The second-order valence-corrected chi connectivity index (χ2v) is 24.5. The summed E-state index contributed by atoms with van der Waals surface area (Å²) in [5.41, 5.74) is 0.